The summed E-state index contributed by atoms with van der Waals surface area (Å²) in [4.78, 5) is 13.1. The summed E-state index contributed by atoms with van der Waals surface area (Å²) in [6.45, 7) is 4.26. The zero-order valence-corrected chi connectivity index (χ0v) is 13.7. The Labute approximate surface area is 135 Å². The number of anilines is 1. The highest BCUT2D eigenvalue weighted by molar-refractivity contribution is 7.16. The highest BCUT2D eigenvalue weighted by Crippen LogP contribution is 2.22. The monoisotopic (exact) mass is 318 g/mol. The number of aliphatic hydroxyl groups is 1. The summed E-state index contributed by atoms with van der Waals surface area (Å²) in [6, 6.07) is 13.6. The van der Waals surface area contributed by atoms with E-state index in [2.05, 4.69) is 10.6 Å². The van der Waals surface area contributed by atoms with Gasteiger partial charge in [0.25, 0.3) is 0 Å². The van der Waals surface area contributed by atoms with Crippen molar-refractivity contribution < 1.29 is 9.90 Å². The van der Waals surface area contributed by atoms with Crippen LogP contribution < -0.4 is 10.6 Å². The Bertz CT molecular complexity index is 596. The van der Waals surface area contributed by atoms with Gasteiger partial charge in [-0.05, 0) is 38.0 Å². The fourth-order valence-corrected chi connectivity index (χ4v) is 3.11. The molecule has 2 unspecified atom stereocenters. The maximum atomic E-state index is 12.0. The summed E-state index contributed by atoms with van der Waals surface area (Å²) in [7, 11) is 0. The Kier molecular flexibility index (Phi) is 5.98. The van der Waals surface area contributed by atoms with E-state index >= 15 is 0 Å². The molecule has 4 nitrogen and oxygen atoms in total. The maximum absolute atomic E-state index is 12.0. The van der Waals surface area contributed by atoms with Gasteiger partial charge in [-0.15, -0.1) is 11.3 Å². The number of benzene rings is 1. The van der Waals surface area contributed by atoms with Crippen LogP contribution in [0.25, 0.3) is 0 Å². The van der Waals surface area contributed by atoms with E-state index in [-0.39, 0.29) is 11.9 Å². The Morgan fingerprint density at radius 3 is 2.55 bits per heavy atom. The van der Waals surface area contributed by atoms with Gasteiger partial charge >= 0.3 is 6.03 Å². The van der Waals surface area contributed by atoms with Crippen molar-refractivity contribution in [2.45, 2.75) is 32.3 Å². The lowest BCUT2D eigenvalue weighted by Crippen LogP contribution is -2.33. The fourth-order valence-electron chi connectivity index (χ4n) is 2.35. The van der Waals surface area contributed by atoms with Crippen LogP contribution in [0.3, 0.4) is 0 Å². The Morgan fingerprint density at radius 2 is 1.95 bits per heavy atom. The number of aryl methyl sites for hydroxylation is 1. The van der Waals surface area contributed by atoms with Gasteiger partial charge in [0.2, 0.25) is 0 Å². The van der Waals surface area contributed by atoms with Crippen LogP contribution >= 0.6 is 11.3 Å². The first-order valence-corrected chi connectivity index (χ1v) is 8.20. The molecule has 0 bridgehead atoms. The third-order valence-corrected chi connectivity index (χ3v) is 4.30. The van der Waals surface area contributed by atoms with E-state index in [9.17, 15) is 9.90 Å². The van der Waals surface area contributed by atoms with Crippen molar-refractivity contribution in [3.63, 3.8) is 0 Å². The lowest BCUT2D eigenvalue weighted by Gasteiger charge is -2.19. The van der Waals surface area contributed by atoms with Crippen molar-refractivity contribution in [1.29, 1.82) is 0 Å². The quantitative estimate of drug-likeness (QED) is 0.760. The summed E-state index contributed by atoms with van der Waals surface area (Å²) in [6.07, 6.45) is 0.206. The summed E-state index contributed by atoms with van der Waals surface area (Å²) in [5.41, 5.74) is 1.12. The first-order valence-electron chi connectivity index (χ1n) is 7.39. The molecular weight excluding hydrogens is 296 g/mol. The van der Waals surface area contributed by atoms with Crippen LogP contribution in [0.5, 0.6) is 0 Å². The Balaban J connectivity index is 1.91. The first kappa shape index (κ1) is 16.5. The number of amides is 2. The molecule has 5 heteroatoms. The SMILES string of the molecule is Cc1ccc(NC(=O)NCC(CC(C)O)c2ccccc2)s1. The van der Waals surface area contributed by atoms with E-state index in [4.69, 9.17) is 0 Å². The molecule has 0 spiro atoms. The van der Waals surface area contributed by atoms with E-state index in [0.717, 1.165) is 15.4 Å². The molecule has 1 heterocycles. The standard InChI is InChI=1S/C17H22N2O2S/c1-12(20)10-15(14-6-4-3-5-7-14)11-18-17(21)19-16-9-8-13(2)22-16/h3-9,12,15,20H,10-11H2,1-2H3,(H2,18,19,21). The van der Waals surface area contributed by atoms with Gasteiger partial charge in [0, 0.05) is 17.3 Å². The van der Waals surface area contributed by atoms with Crippen LogP contribution in [0.1, 0.15) is 29.7 Å². The average Bonchev–Trinajstić information content (AvgIpc) is 2.89. The van der Waals surface area contributed by atoms with Gasteiger partial charge in [-0.3, -0.25) is 5.32 Å². The van der Waals surface area contributed by atoms with Crippen LogP contribution in [-0.2, 0) is 0 Å². The molecule has 2 amide bonds. The molecule has 0 fully saturated rings. The van der Waals surface area contributed by atoms with E-state index in [1.807, 2.05) is 49.4 Å². The minimum Gasteiger partial charge on any atom is -0.393 e. The van der Waals surface area contributed by atoms with Gasteiger partial charge in [-0.25, -0.2) is 4.79 Å². The Hall–Kier alpha value is -1.85. The summed E-state index contributed by atoms with van der Waals surface area (Å²) in [5.74, 6) is 0.0945. The average molecular weight is 318 g/mol. The molecule has 0 aliphatic carbocycles. The smallest absolute Gasteiger partial charge is 0.319 e. The summed E-state index contributed by atoms with van der Waals surface area (Å²) in [5, 5.41) is 16.2. The predicted octanol–water partition coefficient (Wildman–Crippen LogP) is 3.73. The highest BCUT2D eigenvalue weighted by Gasteiger charge is 2.15. The molecule has 0 aliphatic rings. The number of carbonyl (C=O) groups excluding carboxylic acids is 1. The van der Waals surface area contributed by atoms with Gasteiger partial charge in [0.1, 0.15) is 0 Å². The largest absolute Gasteiger partial charge is 0.393 e. The number of thiophene rings is 1. The molecule has 0 saturated carbocycles. The lowest BCUT2D eigenvalue weighted by atomic mass is 9.93. The van der Waals surface area contributed by atoms with Crippen molar-refractivity contribution in [2.24, 2.45) is 0 Å². The van der Waals surface area contributed by atoms with E-state index in [1.165, 1.54) is 0 Å². The second-order valence-electron chi connectivity index (χ2n) is 5.44. The zero-order chi connectivity index (χ0) is 15.9. The molecule has 0 radical (unpaired) electrons. The molecule has 2 atom stereocenters. The molecule has 0 saturated heterocycles. The highest BCUT2D eigenvalue weighted by atomic mass is 32.1. The van der Waals surface area contributed by atoms with Crippen molar-refractivity contribution in [1.82, 2.24) is 5.32 Å². The van der Waals surface area contributed by atoms with Gasteiger partial charge in [-0.2, -0.15) is 0 Å². The third-order valence-electron chi connectivity index (χ3n) is 3.38. The van der Waals surface area contributed by atoms with E-state index < -0.39 is 6.10 Å². The lowest BCUT2D eigenvalue weighted by molar-refractivity contribution is 0.173. The van der Waals surface area contributed by atoms with Gasteiger partial charge < -0.3 is 10.4 Å². The minimum atomic E-state index is -0.407. The topological polar surface area (TPSA) is 61.4 Å². The molecule has 118 valence electrons. The second kappa shape index (κ2) is 7.96. The molecule has 0 aliphatic heterocycles. The van der Waals surface area contributed by atoms with Crippen molar-refractivity contribution in [2.75, 3.05) is 11.9 Å². The van der Waals surface area contributed by atoms with Crippen molar-refractivity contribution in [3.8, 4) is 0 Å². The number of hydrogen-bond acceptors (Lipinski definition) is 3. The normalized spacial score (nSPS) is 13.4. The zero-order valence-electron chi connectivity index (χ0n) is 12.9. The Morgan fingerprint density at radius 1 is 1.23 bits per heavy atom. The second-order valence-corrected chi connectivity index (χ2v) is 6.73. The maximum Gasteiger partial charge on any atom is 0.319 e. The molecule has 3 N–H and O–H groups in total. The number of hydrogen-bond donors (Lipinski definition) is 3. The van der Waals surface area contributed by atoms with E-state index in [0.29, 0.717) is 13.0 Å². The minimum absolute atomic E-state index is 0.0945. The van der Waals surface area contributed by atoms with Crippen molar-refractivity contribution >= 4 is 22.4 Å². The predicted molar refractivity (Wildman–Crippen MR) is 91.6 cm³/mol. The van der Waals surface area contributed by atoms with Crippen LogP contribution in [-0.4, -0.2) is 23.8 Å². The number of carbonyl (C=O) groups is 1. The molecule has 1 aromatic heterocycles. The van der Waals surface area contributed by atoms with Gasteiger partial charge in [-0.1, -0.05) is 30.3 Å². The first-order chi connectivity index (χ1) is 10.5. The molecule has 2 aromatic rings. The third kappa shape index (κ3) is 5.16. The number of urea groups is 1. The number of nitrogens with one attached hydrogen (secondary N) is 2. The van der Waals surface area contributed by atoms with Crippen LogP contribution in [0, 0.1) is 6.92 Å². The van der Waals surface area contributed by atoms with Crippen LogP contribution in [0.15, 0.2) is 42.5 Å². The van der Waals surface area contributed by atoms with Crippen LogP contribution in [0.2, 0.25) is 0 Å². The van der Waals surface area contributed by atoms with Gasteiger partial charge in [0.05, 0.1) is 11.1 Å². The molecular formula is C17H22N2O2S. The van der Waals surface area contributed by atoms with Crippen LogP contribution in [0.4, 0.5) is 9.80 Å². The summed E-state index contributed by atoms with van der Waals surface area (Å²) < 4.78 is 0. The van der Waals surface area contributed by atoms with Crippen molar-refractivity contribution in [3.05, 3.63) is 52.9 Å². The van der Waals surface area contributed by atoms with E-state index in [1.54, 1.807) is 18.3 Å². The number of aliphatic hydroxyl groups excluding tert-OH is 1. The van der Waals surface area contributed by atoms with Gasteiger partial charge in [0.15, 0.2) is 0 Å². The fraction of sp³-hybridized carbons (Fsp3) is 0.353. The molecule has 2 rings (SSSR count). The molecule has 22 heavy (non-hydrogen) atoms. The molecule has 1 aromatic carbocycles. The summed E-state index contributed by atoms with van der Waals surface area (Å²) >= 11 is 1.55. The number of rotatable bonds is 6.